The first-order valence-corrected chi connectivity index (χ1v) is 9.31. The van der Waals surface area contributed by atoms with Gasteiger partial charge in [0.25, 0.3) is 0 Å². The van der Waals surface area contributed by atoms with E-state index in [1.807, 2.05) is 25.4 Å². The zero-order chi connectivity index (χ0) is 17.2. The quantitative estimate of drug-likeness (QED) is 0.712. The molecule has 1 aliphatic rings. The molecular formula is C16H21N7OS. The Morgan fingerprint density at radius 3 is 3.20 bits per heavy atom. The molecule has 9 heteroatoms. The Hall–Kier alpha value is -2.26. The third kappa shape index (κ3) is 3.72. The summed E-state index contributed by atoms with van der Waals surface area (Å²) in [5.41, 5.74) is 1.87. The molecular weight excluding hydrogens is 338 g/mol. The highest BCUT2D eigenvalue weighted by atomic mass is 32.1. The lowest BCUT2D eigenvalue weighted by Gasteiger charge is -2.20. The van der Waals surface area contributed by atoms with E-state index < -0.39 is 0 Å². The van der Waals surface area contributed by atoms with E-state index in [1.54, 1.807) is 9.20 Å². The summed E-state index contributed by atoms with van der Waals surface area (Å²) < 4.78 is 3.45. The van der Waals surface area contributed by atoms with Gasteiger partial charge in [0.2, 0.25) is 10.9 Å². The summed E-state index contributed by atoms with van der Waals surface area (Å²) >= 11 is 1.53. The molecule has 0 aliphatic carbocycles. The van der Waals surface area contributed by atoms with Crippen LogP contribution in [-0.4, -0.2) is 43.4 Å². The second-order valence-corrected chi connectivity index (χ2v) is 7.50. The van der Waals surface area contributed by atoms with Crippen LogP contribution in [0.2, 0.25) is 0 Å². The molecule has 0 bridgehead atoms. The fourth-order valence-electron chi connectivity index (χ4n) is 3.11. The van der Waals surface area contributed by atoms with Gasteiger partial charge in [-0.2, -0.15) is 10.2 Å². The van der Waals surface area contributed by atoms with Crippen LogP contribution in [0.1, 0.15) is 35.2 Å². The predicted octanol–water partition coefficient (Wildman–Crippen LogP) is 1.08. The second kappa shape index (κ2) is 6.93. The van der Waals surface area contributed by atoms with Crippen LogP contribution in [-0.2, 0) is 17.9 Å². The van der Waals surface area contributed by atoms with Crippen molar-refractivity contribution in [3.63, 3.8) is 0 Å². The van der Waals surface area contributed by atoms with E-state index in [0.717, 1.165) is 40.9 Å². The number of piperidine rings is 1. The number of amides is 1. The van der Waals surface area contributed by atoms with Gasteiger partial charge in [-0.3, -0.25) is 9.48 Å². The number of carbonyl (C=O) groups excluding carboxylic acids is 1. The van der Waals surface area contributed by atoms with Gasteiger partial charge >= 0.3 is 0 Å². The molecule has 1 aliphatic heterocycles. The monoisotopic (exact) mass is 359 g/mol. The van der Waals surface area contributed by atoms with Gasteiger partial charge in [-0.25, -0.2) is 9.50 Å². The van der Waals surface area contributed by atoms with Crippen molar-refractivity contribution >= 4 is 22.2 Å². The summed E-state index contributed by atoms with van der Waals surface area (Å²) in [6.45, 7) is 4.62. The molecule has 0 spiro atoms. The Labute approximate surface area is 149 Å². The highest BCUT2D eigenvalue weighted by Gasteiger charge is 2.18. The van der Waals surface area contributed by atoms with Crippen LogP contribution in [0.5, 0.6) is 0 Å². The van der Waals surface area contributed by atoms with Crippen molar-refractivity contribution in [3.05, 3.63) is 34.9 Å². The van der Waals surface area contributed by atoms with Gasteiger partial charge in [0.05, 0.1) is 24.1 Å². The van der Waals surface area contributed by atoms with Crippen molar-refractivity contribution in [2.75, 3.05) is 13.1 Å². The lowest BCUT2D eigenvalue weighted by atomic mass is 9.97. The number of hydrogen-bond acceptors (Lipinski definition) is 6. The van der Waals surface area contributed by atoms with Gasteiger partial charge in [-0.1, -0.05) is 11.3 Å². The van der Waals surface area contributed by atoms with Gasteiger partial charge < -0.3 is 10.6 Å². The Balaban J connectivity index is 1.31. The lowest BCUT2D eigenvalue weighted by Crippen LogP contribution is -2.29. The first kappa shape index (κ1) is 16.2. The van der Waals surface area contributed by atoms with E-state index in [0.29, 0.717) is 12.5 Å². The molecule has 0 saturated carbocycles. The van der Waals surface area contributed by atoms with Gasteiger partial charge in [-0.15, -0.1) is 0 Å². The second-order valence-electron chi connectivity index (χ2n) is 6.34. The fourth-order valence-corrected chi connectivity index (χ4v) is 3.85. The van der Waals surface area contributed by atoms with Crippen LogP contribution in [0, 0.1) is 6.92 Å². The molecule has 0 unspecified atom stereocenters. The summed E-state index contributed by atoms with van der Waals surface area (Å²) in [4.78, 5) is 17.4. The van der Waals surface area contributed by atoms with Crippen molar-refractivity contribution in [3.8, 4) is 0 Å². The first-order chi connectivity index (χ1) is 12.2. The minimum Gasteiger partial charge on any atom is -0.349 e. The average molecular weight is 359 g/mol. The zero-order valence-corrected chi connectivity index (χ0v) is 14.9. The molecule has 0 radical (unpaired) electrons. The van der Waals surface area contributed by atoms with E-state index >= 15 is 0 Å². The van der Waals surface area contributed by atoms with Crippen LogP contribution in [0.3, 0.4) is 0 Å². The SMILES string of the molecule is Cc1nn2cc(CNC(=O)Cn3ccc([C@H]4CCCNC4)n3)nc2s1. The molecule has 1 atom stereocenters. The molecule has 4 heterocycles. The maximum Gasteiger partial charge on any atom is 0.242 e. The smallest absolute Gasteiger partial charge is 0.242 e. The molecule has 3 aromatic heterocycles. The van der Waals surface area contributed by atoms with Crippen LogP contribution in [0.4, 0.5) is 0 Å². The maximum atomic E-state index is 12.1. The van der Waals surface area contributed by atoms with Gasteiger partial charge in [0.1, 0.15) is 11.6 Å². The van der Waals surface area contributed by atoms with Crippen molar-refractivity contribution in [1.29, 1.82) is 0 Å². The van der Waals surface area contributed by atoms with E-state index in [9.17, 15) is 4.79 Å². The summed E-state index contributed by atoms with van der Waals surface area (Å²) in [6, 6.07) is 2.02. The van der Waals surface area contributed by atoms with Crippen LogP contribution in [0.15, 0.2) is 18.5 Å². The van der Waals surface area contributed by atoms with Crippen LogP contribution in [0.25, 0.3) is 4.96 Å². The topological polar surface area (TPSA) is 89.1 Å². The Bertz CT molecular complexity index is 843. The Kier molecular flexibility index (Phi) is 4.50. The van der Waals surface area contributed by atoms with E-state index in [-0.39, 0.29) is 12.5 Å². The van der Waals surface area contributed by atoms with Crippen molar-refractivity contribution in [2.45, 2.75) is 38.8 Å². The molecule has 0 aromatic carbocycles. The van der Waals surface area contributed by atoms with Crippen LogP contribution >= 0.6 is 11.3 Å². The summed E-state index contributed by atoms with van der Waals surface area (Å²) in [5.74, 6) is 0.379. The molecule has 132 valence electrons. The van der Waals surface area contributed by atoms with Crippen LogP contribution < -0.4 is 10.6 Å². The van der Waals surface area contributed by atoms with Crippen molar-refractivity contribution in [2.24, 2.45) is 0 Å². The van der Waals surface area contributed by atoms with Gasteiger partial charge in [0.15, 0.2) is 0 Å². The summed E-state index contributed by atoms with van der Waals surface area (Å²) in [7, 11) is 0. The minimum absolute atomic E-state index is 0.0723. The molecule has 1 amide bonds. The Morgan fingerprint density at radius 1 is 1.48 bits per heavy atom. The van der Waals surface area contributed by atoms with E-state index in [2.05, 4.69) is 25.8 Å². The number of carbonyl (C=O) groups is 1. The number of nitrogens with one attached hydrogen (secondary N) is 2. The highest BCUT2D eigenvalue weighted by Crippen LogP contribution is 2.21. The van der Waals surface area contributed by atoms with Crippen molar-refractivity contribution in [1.82, 2.24) is 35.0 Å². The Morgan fingerprint density at radius 2 is 2.40 bits per heavy atom. The number of hydrogen-bond donors (Lipinski definition) is 2. The van der Waals surface area contributed by atoms with Gasteiger partial charge in [0, 0.05) is 18.7 Å². The molecule has 8 nitrogen and oxygen atoms in total. The third-order valence-electron chi connectivity index (χ3n) is 4.34. The highest BCUT2D eigenvalue weighted by molar-refractivity contribution is 7.16. The number of aromatic nitrogens is 5. The standard InChI is InChI=1S/C16H21N7OS/c1-11-20-23-9-13(19-16(23)25-11)8-18-15(24)10-22-6-4-14(21-22)12-3-2-5-17-7-12/h4,6,9,12,17H,2-3,5,7-8,10H2,1H3,(H,18,24)/t12-/m0/s1. The fraction of sp³-hybridized carbons (Fsp3) is 0.500. The third-order valence-corrected chi connectivity index (χ3v) is 5.18. The predicted molar refractivity (Wildman–Crippen MR) is 94.5 cm³/mol. The molecule has 25 heavy (non-hydrogen) atoms. The number of rotatable bonds is 5. The number of fused-ring (bicyclic) bond motifs is 1. The van der Waals surface area contributed by atoms with Gasteiger partial charge in [-0.05, 0) is 32.4 Å². The van der Waals surface area contributed by atoms with E-state index in [4.69, 9.17) is 0 Å². The maximum absolute atomic E-state index is 12.1. The molecule has 3 aromatic rings. The molecule has 1 saturated heterocycles. The summed E-state index contributed by atoms with van der Waals surface area (Å²) in [6.07, 6.45) is 6.06. The number of aryl methyl sites for hydroxylation is 1. The molecule has 2 N–H and O–H groups in total. The minimum atomic E-state index is -0.0723. The number of imidazole rings is 1. The molecule has 4 rings (SSSR count). The zero-order valence-electron chi connectivity index (χ0n) is 14.1. The first-order valence-electron chi connectivity index (χ1n) is 8.50. The molecule has 1 fully saturated rings. The van der Waals surface area contributed by atoms with E-state index in [1.165, 1.54) is 17.8 Å². The largest absolute Gasteiger partial charge is 0.349 e. The average Bonchev–Trinajstić information content (AvgIpc) is 3.28. The number of nitrogens with zero attached hydrogens (tertiary/aromatic N) is 5. The summed E-state index contributed by atoms with van der Waals surface area (Å²) in [5, 5.41) is 16.1. The van der Waals surface area contributed by atoms with Crippen molar-refractivity contribution < 1.29 is 4.79 Å². The normalized spacial score (nSPS) is 17.9. The lowest BCUT2D eigenvalue weighted by molar-refractivity contribution is -0.122.